The first-order valence-corrected chi connectivity index (χ1v) is 10.1. The number of carbonyl (C=O) groups excluding carboxylic acids is 1. The Hall–Kier alpha value is -0.990. The fourth-order valence-corrected chi connectivity index (χ4v) is 6.42. The van der Waals surface area contributed by atoms with E-state index in [1.165, 1.54) is 49.7 Å². The lowest BCUT2D eigenvalue weighted by atomic mass is 9.48. The fraction of sp³-hybridized carbons (Fsp3) is 0.857. The number of amides is 1. The van der Waals surface area contributed by atoms with E-state index in [0.717, 1.165) is 37.8 Å². The molecular weight excluding hydrogens is 298 g/mol. The highest BCUT2D eigenvalue weighted by Crippen LogP contribution is 2.62. The molecule has 3 nitrogen and oxygen atoms in total. The van der Waals surface area contributed by atoms with Gasteiger partial charge in [-0.3, -0.25) is 0 Å². The molecule has 0 aromatic rings. The smallest absolute Gasteiger partial charge is 0.410 e. The molecule has 4 aliphatic carbocycles. The van der Waals surface area contributed by atoms with Crippen LogP contribution in [0.5, 0.6) is 0 Å². The summed E-state index contributed by atoms with van der Waals surface area (Å²) in [5.74, 6) is 2.88. The van der Waals surface area contributed by atoms with Crippen LogP contribution < -0.4 is 0 Å². The van der Waals surface area contributed by atoms with E-state index in [4.69, 9.17) is 4.74 Å². The minimum Gasteiger partial charge on any atom is -0.438 e. The largest absolute Gasteiger partial charge is 0.438 e. The fourth-order valence-electron chi connectivity index (χ4n) is 6.42. The molecule has 24 heavy (non-hydrogen) atoms. The Bertz CT molecular complexity index is 512. The van der Waals surface area contributed by atoms with Crippen LogP contribution in [0.2, 0.25) is 0 Å². The Labute approximate surface area is 146 Å². The summed E-state index contributed by atoms with van der Waals surface area (Å²) in [4.78, 5) is 15.0. The summed E-state index contributed by atoms with van der Waals surface area (Å²) in [5.41, 5.74) is 2.39. The van der Waals surface area contributed by atoms with Gasteiger partial charge in [0, 0.05) is 24.9 Å². The third-order valence-corrected chi connectivity index (χ3v) is 7.56. The summed E-state index contributed by atoms with van der Waals surface area (Å²) < 4.78 is 6.51. The zero-order valence-electron chi connectivity index (χ0n) is 15.6. The first-order valence-electron chi connectivity index (χ1n) is 10.1. The van der Waals surface area contributed by atoms with Crippen LogP contribution in [0.1, 0.15) is 72.1 Å². The highest BCUT2D eigenvalue weighted by atomic mass is 16.6. The van der Waals surface area contributed by atoms with Crippen molar-refractivity contribution in [2.75, 3.05) is 13.1 Å². The van der Waals surface area contributed by atoms with Crippen LogP contribution >= 0.6 is 0 Å². The monoisotopic (exact) mass is 331 g/mol. The molecule has 134 valence electrons. The second-order valence-electron chi connectivity index (χ2n) is 9.14. The number of rotatable bonds is 2. The number of likely N-dealkylation sites (tertiary alicyclic amines) is 1. The van der Waals surface area contributed by atoms with Crippen LogP contribution in [0, 0.1) is 23.7 Å². The van der Waals surface area contributed by atoms with Crippen molar-refractivity contribution in [3.63, 3.8) is 0 Å². The second-order valence-corrected chi connectivity index (χ2v) is 9.14. The number of hydrogen-bond donors (Lipinski definition) is 0. The summed E-state index contributed by atoms with van der Waals surface area (Å²) in [6.07, 6.45) is 9.96. The molecule has 5 aliphatic rings. The summed E-state index contributed by atoms with van der Waals surface area (Å²) in [5, 5.41) is 0. The highest BCUT2D eigenvalue weighted by molar-refractivity contribution is 5.69. The first kappa shape index (κ1) is 16.5. The Morgan fingerprint density at radius 2 is 1.42 bits per heavy atom. The SMILES string of the molecule is CC(C)=C(C)C1(OC(=O)N2CCCCC2)C2CC3CC(C2)CC1C3. The minimum atomic E-state index is -0.305. The Kier molecular flexibility index (Phi) is 4.17. The number of allylic oxidation sites excluding steroid dienone is 1. The number of piperidine rings is 1. The maximum absolute atomic E-state index is 13.0. The van der Waals surface area contributed by atoms with Crippen LogP contribution in [-0.2, 0) is 4.74 Å². The number of hydrogen-bond acceptors (Lipinski definition) is 2. The van der Waals surface area contributed by atoms with E-state index < -0.39 is 0 Å². The van der Waals surface area contributed by atoms with E-state index in [-0.39, 0.29) is 11.7 Å². The van der Waals surface area contributed by atoms with E-state index in [1.54, 1.807) is 0 Å². The second kappa shape index (κ2) is 6.07. The molecule has 3 heteroatoms. The molecule has 5 fully saturated rings. The van der Waals surface area contributed by atoms with E-state index in [9.17, 15) is 4.79 Å². The van der Waals surface area contributed by atoms with Gasteiger partial charge in [0.15, 0.2) is 0 Å². The number of carbonyl (C=O) groups is 1. The maximum atomic E-state index is 13.0. The lowest BCUT2D eigenvalue weighted by Crippen LogP contribution is -2.61. The van der Waals surface area contributed by atoms with E-state index >= 15 is 0 Å². The van der Waals surface area contributed by atoms with Crippen molar-refractivity contribution in [3.05, 3.63) is 11.1 Å². The van der Waals surface area contributed by atoms with Gasteiger partial charge >= 0.3 is 6.09 Å². The van der Waals surface area contributed by atoms with Gasteiger partial charge in [0.2, 0.25) is 0 Å². The number of ether oxygens (including phenoxy) is 1. The topological polar surface area (TPSA) is 29.5 Å². The quantitative estimate of drug-likeness (QED) is 0.654. The van der Waals surface area contributed by atoms with E-state index in [0.29, 0.717) is 11.8 Å². The minimum absolute atomic E-state index is 0.0391. The van der Waals surface area contributed by atoms with Crippen LogP contribution in [0.15, 0.2) is 11.1 Å². The summed E-state index contributed by atoms with van der Waals surface area (Å²) in [6, 6.07) is 0. The molecule has 0 spiro atoms. The average Bonchev–Trinajstić information content (AvgIpc) is 2.57. The van der Waals surface area contributed by atoms with Crippen molar-refractivity contribution in [2.24, 2.45) is 23.7 Å². The molecule has 1 heterocycles. The van der Waals surface area contributed by atoms with Gasteiger partial charge in [-0.05, 0) is 89.5 Å². The predicted molar refractivity (Wildman–Crippen MR) is 95.7 cm³/mol. The molecule has 4 saturated carbocycles. The van der Waals surface area contributed by atoms with Gasteiger partial charge in [-0.1, -0.05) is 5.57 Å². The summed E-state index contributed by atoms with van der Waals surface area (Å²) in [7, 11) is 0. The third-order valence-electron chi connectivity index (χ3n) is 7.56. The Morgan fingerprint density at radius 1 is 0.875 bits per heavy atom. The van der Waals surface area contributed by atoms with E-state index in [1.807, 2.05) is 4.90 Å². The van der Waals surface area contributed by atoms with Gasteiger partial charge in [-0.25, -0.2) is 4.79 Å². The third kappa shape index (κ3) is 2.50. The van der Waals surface area contributed by atoms with Crippen molar-refractivity contribution in [1.29, 1.82) is 0 Å². The van der Waals surface area contributed by atoms with Crippen LogP contribution in [0.3, 0.4) is 0 Å². The molecule has 1 saturated heterocycles. The van der Waals surface area contributed by atoms with Crippen LogP contribution in [0.4, 0.5) is 4.79 Å². The lowest BCUT2D eigenvalue weighted by molar-refractivity contribution is -0.157. The summed E-state index contributed by atoms with van der Waals surface area (Å²) in [6.45, 7) is 8.38. The molecule has 0 atom stereocenters. The molecule has 0 N–H and O–H groups in total. The van der Waals surface area contributed by atoms with Crippen molar-refractivity contribution in [2.45, 2.75) is 77.7 Å². The molecular formula is C21H33NO2. The normalized spacial score (nSPS) is 40.5. The highest BCUT2D eigenvalue weighted by Gasteiger charge is 2.60. The van der Waals surface area contributed by atoms with E-state index in [2.05, 4.69) is 20.8 Å². The van der Waals surface area contributed by atoms with Crippen molar-refractivity contribution in [3.8, 4) is 0 Å². The summed E-state index contributed by atoms with van der Waals surface area (Å²) >= 11 is 0. The maximum Gasteiger partial charge on any atom is 0.410 e. The molecule has 4 bridgehead atoms. The molecule has 1 aliphatic heterocycles. The van der Waals surface area contributed by atoms with Crippen LogP contribution in [0.25, 0.3) is 0 Å². The standard InChI is InChI=1S/C21H33NO2/c1-14(2)15(3)21(24-20(23)22-7-5-4-6-8-22)18-10-16-9-17(12-18)13-19(21)11-16/h16-19H,4-13H2,1-3H3. The first-order chi connectivity index (χ1) is 11.5. The van der Waals surface area contributed by atoms with Gasteiger partial charge in [-0.2, -0.15) is 0 Å². The van der Waals surface area contributed by atoms with Crippen molar-refractivity contribution in [1.82, 2.24) is 4.90 Å². The van der Waals surface area contributed by atoms with Crippen molar-refractivity contribution >= 4 is 6.09 Å². The zero-order chi connectivity index (χ0) is 16.9. The lowest BCUT2D eigenvalue weighted by Gasteiger charge is -2.61. The van der Waals surface area contributed by atoms with Crippen molar-refractivity contribution < 1.29 is 9.53 Å². The molecule has 0 radical (unpaired) electrons. The molecule has 0 aromatic heterocycles. The number of nitrogens with zero attached hydrogens (tertiary/aromatic N) is 1. The predicted octanol–water partition coefficient (Wildman–Crippen LogP) is 5.16. The van der Waals surface area contributed by atoms with Gasteiger partial charge in [0.25, 0.3) is 0 Å². The molecule has 0 unspecified atom stereocenters. The molecule has 1 amide bonds. The van der Waals surface area contributed by atoms with Gasteiger partial charge in [0.1, 0.15) is 5.60 Å². The van der Waals surface area contributed by atoms with Gasteiger partial charge in [-0.15, -0.1) is 0 Å². The van der Waals surface area contributed by atoms with Gasteiger partial charge < -0.3 is 9.64 Å². The van der Waals surface area contributed by atoms with Crippen LogP contribution in [-0.4, -0.2) is 29.7 Å². The Balaban J connectivity index is 1.65. The average molecular weight is 332 g/mol. The molecule has 5 rings (SSSR count). The zero-order valence-corrected chi connectivity index (χ0v) is 15.6. The van der Waals surface area contributed by atoms with Gasteiger partial charge in [0.05, 0.1) is 0 Å². The molecule has 0 aromatic carbocycles. The Morgan fingerprint density at radius 3 is 1.92 bits per heavy atom.